The third kappa shape index (κ3) is 7.15. The van der Waals surface area contributed by atoms with Gasteiger partial charge in [-0.1, -0.05) is 97.6 Å². The fraction of sp³-hybridized carbons (Fsp3) is 0.348. The van der Waals surface area contributed by atoms with E-state index in [1.807, 2.05) is 12.1 Å². The highest BCUT2D eigenvalue weighted by Gasteiger charge is 2.14. The summed E-state index contributed by atoms with van der Waals surface area (Å²) in [4.78, 5) is 12.3. The predicted octanol–water partition coefficient (Wildman–Crippen LogP) is 5.04. The highest BCUT2D eigenvalue weighted by atomic mass is 32.2. The van der Waals surface area contributed by atoms with Crippen molar-refractivity contribution >= 4 is 34.1 Å². The van der Waals surface area contributed by atoms with Crippen LogP contribution in [0.25, 0.3) is 0 Å². The van der Waals surface area contributed by atoms with Crippen LogP contribution in [0, 0.1) is 5.92 Å². The number of hydrogen-bond donors (Lipinski definition) is 2. The van der Waals surface area contributed by atoms with Gasteiger partial charge in [0.05, 0.1) is 5.75 Å². The molecule has 5 nitrogen and oxygen atoms in total. The smallest absolute Gasteiger partial charge is 0.230 e. The molecule has 0 aliphatic heterocycles. The third-order valence-corrected chi connectivity index (χ3v) is 6.57. The molecule has 1 heterocycles. The fourth-order valence-corrected chi connectivity index (χ4v) is 4.65. The average Bonchev–Trinajstić information content (AvgIpc) is 3.23. The Hall–Kier alpha value is -2.38. The number of rotatable bonds is 11. The van der Waals surface area contributed by atoms with Crippen LogP contribution in [0.1, 0.15) is 37.3 Å². The summed E-state index contributed by atoms with van der Waals surface area (Å²) in [5.74, 6) is 1.18. The topological polar surface area (TPSA) is 66.9 Å². The van der Waals surface area contributed by atoms with Crippen LogP contribution in [0.4, 0.5) is 5.13 Å². The van der Waals surface area contributed by atoms with Gasteiger partial charge in [-0.25, -0.2) is 0 Å². The predicted molar refractivity (Wildman–Crippen MR) is 126 cm³/mol. The Morgan fingerprint density at radius 1 is 1.00 bits per heavy atom. The van der Waals surface area contributed by atoms with Gasteiger partial charge in [-0.3, -0.25) is 4.79 Å². The van der Waals surface area contributed by atoms with Crippen LogP contribution in [0.5, 0.6) is 0 Å². The molecular formula is C23H28N4OS2. The molecule has 0 saturated carbocycles. The van der Waals surface area contributed by atoms with Crippen molar-refractivity contribution in [2.75, 3.05) is 24.2 Å². The van der Waals surface area contributed by atoms with Gasteiger partial charge in [0, 0.05) is 19.0 Å². The summed E-state index contributed by atoms with van der Waals surface area (Å²) in [6.07, 6.45) is 0.854. The minimum Gasteiger partial charge on any atom is -0.360 e. The van der Waals surface area contributed by atoms with E-state index in [-0.39, 0.29) is 11.8 Å². The number of nitrogens with one attached hydrogen (secondary N) is 2. The fourth-order valence-electron chi connectivity index (χ4n) is 3.06. The van der Waals surface area contributed by atoms with Crippen LogP contribution < -0.4 is 10.6 Å². The second-order valence-corrected chi connectivity index (χ2v) is 9.65. The van der Waals surface area contributed by atoms with Crippen LogP contribution in [-0.4, -0.2) is 34.9 Å². The van der Waals surface area contributed by atoms with E-state index in [2.05, 4.69) is 83.2 Å². The molecule has 7 heteroatoms. The number of hydrogen-bond acceptors (Lipinski definition) is 6. The molecule has 0 spiro atoms. The van der Waals surface area contributed by atoms with Crippen molar-refractivity contribution in [2.24, 2.45) is 5.92 Å². The number of carbonyl (C=O) groups excluding carboxylic acids is 1. The molecule has 30 heavy (non-hydrogen) atoms. The highest BCUT2D eigenvalue weighted by Crippen LogP contribution is 2.28. The maximum Gasteiger partial charge on any atom is 0.230 e. The Bertz CT molecular complexity index is 860. The number of amides is 1. The highest BCUT2D eigenvalue weighted by molar-refractivity contribution is 8.01. The molecule has 3 rings (SSSR count). The van der Waals surface area contributed by atoms with E-state index in [0.29, 0.717) is 18.2 Å². The third-order valence-electron chi connectivity index (χ3n) is 4.55. The van der Waals surface area contributed by atoms with Gasteiger partial charge >= 0.3 is 0 Å². The lowest BCUT2D eigenvalue weighted by molar-refractivity contribution is -0.118. The molecular weight excluding hydrogens is 412 g/mol. The number of benzene rings is 2. The Kier molecular flexibility index (Phi) is 8.71. The van der Waals surface area contributed by atoms with Crippen LogP contribution >= 0.6 is 23.1 Å². The van der Waals surface area contributed by atoms with E-state index in [1.165, 1.54) is 34.2 Å². The Morgan fingerprint density at radius 3 is 2.23 bits per heavy atom. The van der Waals surface area contributed by atoms with Crippen LogP contribution in [0.3, 0.4) is 0 Å². The second-order valence-electron chi connectivity index (χ2n) is 7.45. The minimum absolute atomic E-state index is 0.0202. The second kappa shape index (κ2) is 11.7. The van der Waals surface area contributed by atoms with Crippen molar-refractivity contribution in [2.45, 2.75) is 30.5 Å². The van der Waals surface area contributed by atoms with Gasteiger partial charge in [-0.15, -0.1) is 10.2 Å². The van der Waals surface area contributed by atoms with Crippen molar-refractivity contribution in [1.29, 1.82) is 0 Å². The first-order chi connectivity index (χ1) is 14.6. The standard InChI is InChI=1S/C23H28N4OS2/c1-17(2)15-25-22-26-27-23(30-22)29-16-21(28)24-14-13-20(18-9-5-3-6-10-18)19-11-7-4-8-12-19/h3-12,17,20H,13-16H2,1-2H3,(H,24,28)(H,25,26). The summed E-state index contributed by atoms with van der Waals surface area (Å²) in [5.41, 5.74) is 2.53. The molecule has 0 aliphatic rings. The molecule has 2 N–H and O–H groups in total. The van der Waals surface area contributed by atoms with Gasteiger partial charge in [0.15, 0.2) is 4.34 Å². The summed E-state index contributed by atoms with van der Waals surface area (Å²) in [5, 5.41) is 15.4. The molecule has 0 aliphatic carbocycles. The Morgan fingerprint density at radius 2 is 1.63 bits per heavy atom. The van der Waals surface area contributed by atoms with E-state index >= 15 is 0 Å². The van der Waals surface area contributed by atoms with Gasteiger partial charge < -0.3 is 10.6 Å². The van der Waals surface area contributed by atoms with Gasteiger partial charge in [0.25, 0.3) is 0 Å². The van der Waals surface area contributed by atoms with E-state index in [4.69, 9.17) is 0 Å². The number of carbonyl (C=O) groups is 1. The van der Waals surface area contributed by atoms with Gasteiger partial charge in [-0.05, 0) is 23.5 Å². The van der Waals surface area contributed by atoms with Crippen LogP contribution in [-0.2, 0) is 4.79 Å². The number of nitrogens with zero attached hydrogens (tertiary/aromatic N) is 2. The quantitative estimate of drug-likeness (QED) is 0.409. The molecule has 0 bridgehead atoms. The zero-order chi connectivity index (χ0) is 21.2. The molecule has 0 fully saturated rings. The lowest BCUT2D eigenvalue weighted by Crippen LogP contribution is -2.27. The Labute approximate surface area is 186 Å². The van der Waals surface area contributed by atoms with Crippen molar-refractivity contribution in [3.8, 4) is 0 Å². The van der Waals surface area contributed by atoms with E-state index in [1.54, 1.807) is 0 Å². The molecule has 3 aromatic rings. The Balaban J connectivity index is 1.46. The van der Waals surface area contributed by atoms with Crippen molar-refractivity contribution in [3.05, 3.63) is 71.8 Å². The lowest BCUT2D eigenvalue weighted by atomic mass is 9.88. The molecule has 0 unspecified atom stereocenters. The average molecular weight is 441 g/mol. The van der Waals surface area contributed by atoms with Crippen molar-refractivity contribution in [3.63, 3.8) is 0 Å². The molecule has 0 saturated heterocycles. The first-order valence-electron chi connectivity index (χ1n) is 10.2. The van der Waals surface area contributed by atoms with Crippen molar-refractivity contribution in [1.82, 2.24) is 15.5 Å². The van der Waals surface area contributed by atoms with E-state index in [9.17, 15) is 4.79 Å². The summed E-state index contributed by atoms with van der Waals surface area (Å²) in [6.45, 7) is 5.79. The lowest BCUT2D eigenvalue weighted by Gasteiger charge is -2.18. The molecule has 158 valence electrons. The van der Waals surface area contributed by atoms with Crippen molar-refractivity contribution < 1.29 is 4.79 Å². The first kappa shape index (κ1) is 22.3. The van der Waals surface area contributed by atoms with Gasteiger partial charge in [0.2, 0.25) is 11.0 Å². The van der Waals surface area contributed by atoms with E-state index in [0.717, 1.165) is 22.4 Å². The SMILES string of the molecule is CC(C)CNc1nnc(SCC(=O)NCCC(c2ccccc2)c2ccccc2)s1. The molecule has 1 amide bonds. The maximum absolute atomic E-state index is 12.3. The summed E-state index contributed by atoms with van der Waals surface area (Å²) >= 11 is 2.92. The minimum atomic E-state index is 0.0202. The normalized spacial score (nSPS) is 11.1. The molecule has 0 radical (unpaired) electrons. The monoisotopic (exact) mass is 440 g/mol. The summed E-state index contributed by atoms with van der Waals surface area (Å²) < 4.78 is 0.808. The molecule has 2 aromatic carbocycles. The maximum atomic E-state index is 12.3. The summed E-state index contributed by atoms with van der Waals surface area (Å²) in [6, 6.07) is 20.9. The van der Waals surface area contributed by atoms with Gasteiger partial charge in [-0.2, -0.15) is 0 Å². The number of aromatic nitrogens is 2. The zero-order valence-electron chi connectivity index (χ0n) is 17.4. The molecule has 1 aromatic heterocycles. The van der Waals surface area contributed by atoms with E-state index < -0.39 is 0 Å². The van der Waals surface area contributed by atoms with Crippen LogP contribution in [0.2, 0.25) is 0 Å². The van der Waals surface area contributed by atoms with Crippen LogP contribution in [0.15, 0.2) is 65.0 Å². The zero-order valence-corrected chi connectivity index (χ0v) is 19.0. The number of anilines is 1. The molecule has 0 atom stereocenters. The summed E-state index contributed by atoms with van der Waals surface area (Å²) in [7, 11) is 0. The largest absolute Gasteiger partial charge is 0.360 e. The van der Waals surface area contributed by atoms with Gasteiger partial charge in [0.1, 0.15) is 0 Å². The first-order valence-corrected chi connectivity index (χ1v) is 12.0. The number of thioether (sulfide) groups is 1.